The number of H-pyrrole nitrogens is 4. The molecule has 283 valence electrons. The minimum atomic E-state index is -4.65. The van der Waals surface area contributed by atoms with Crippen LogP contribution < -0.4 is 0 Å². The molecule has 0 unspecified atom stereocenters. The van der Waals surface area contributed by atoms with Crippen molar-refractivity contribution in [3.63, 3.8) is 0 Å². The molecule has 10 rings (SSSR count). The van der Waals surface area contributed by atoms with Crippen LogP contribution >= 0.6 is 0 Å². The first-order valence-electron chi connectivity index (χ1n) is 16.9. The summed E-state index contributed by atoms with van der Waals surface area (Å²) in [6.45, 7) is 0. The summed E-state index contributed by atoms with van der Waals surface area (Å²) in [6, 6.07) is 24.5. The molecule has 0 saturated carbocycles. The van der Waals surface area contributed by atoms with Gasteiger partial charge in [-0.2, -0.15) is 0 Å². The van der Waals surface area contributed by atoms with Gasteiger partial charge in [-0.05, 0) is 134 Å². The van der Waals surface area contributed by atoms with Gasteiger partial charge in [0.15, 0.2) is 0 Å². The smallest absolute Gasteiger partial charge is 0.744 e. The van der Waals surface area contributed by atoms with Crippen molar-refractivity contribution in [2.45, 2.75) is 9.79 Å². The number of aromatic amines is 4. The SMILES string of the molecule is O=S(=O)([O-])c1cc2cc3nc(cc4ccc(cc5nc(cc1[nH]2)C=C5)[nH]4)C=C3.O=S(=O)([O-])c1cc2cc3nc(cc4ccc(cc5nc(cc1[nH]2)C=C5)[nH]4)C=C3.[Co+2]. The first-order chi connectivity index (χ1) is 26.8. The zero-order chi connectivity index (χ0) is 38.6. The van der Waals surface area contributed by atoms with Crippen LogP contribution in [0.5, 0.6) is 0 Å². The quantitative estimate of drug-likeness (QED) is 0.129. The van der Waals surface area contributed by atoms with Gasteiger partial charge >= 0.3 is 16.8 Å². The molecule has 0 atom stereocenters. The van der Waals surface area contributed by atoms with Crippen LogP contribution in [0.15, 0.2) is 94.7 Å². The van der Waals surface area contributed by atoms with E-state index in [2.05, 4.69) is 39.9 Å². The van der Waals surface area contributed by atoms with E-state index >= 15 is 0 Å². The third-order valence-corrected chi connectivity index (χ3v) is 10.6. The van der Waals surface area contributed by atoms with Crippen LogP contribution in [0, 0.1) is 0 Å². The van der Waals surface area contributed by atoms with E-state index in [0.29, 0.717) is 45.2 Å². The molecule has 17 heteroatoms. The molecule has 0 spiro atoms. The van der Waals surface area contributed by atoms with Gasteiger partial charge in [-0.15, -0.1) is 0 Å². The Morgan fingerprint density at radius 2 is 0.596 bits per heavy atom. The van der Waals surface area contributed by atoms with Crippen molar-refractivity contribution in [3.8, 4) is 0 Å². The van der Waals surface area contributed by atoms with Gasteiger partial charge in [-0.1, -0.05) is 0 Å². The minimum Gasteiger partial charge on any atom is -0.744 e. The fourth-order valence-corrected chi connectivity index (χ4v) is 7.70. The molecular weight excluding hydrogens is 812 g/mol. The Balaban J connectivity index is 0.000000157. The molecular formula is C40H26CoN8O6S2. The Hall–Kier alpha value is -6.47. The number of rotatable bonds is 2. The molecule has 0 saturated heterocycles. The van der Waals surface area contributed by atoms with Crippen LogP contribution in [0.3, 0.4) is 0 Å². The predicted molar refractivity (Wildman–Crippen MR) is 214 cm³/mol. The zero-order valence-corrected chi connectivity index (χ0v) is 31.8. The minimum absolute atomic E-state index is 0. The molecule has 57 heavy (non-hydrogen) atoms. The fourth-order valence-electron chi connectivity index (χ4n) is 6.40. The molecule has 1 radical (unpaired) electrons. The molecule has 0 aliphatic carbocycles. The van der Waals surface area contributed by atoms with Crippen molar-refractivity contribution in [1.29, 1.82) is 0 Å². The second-order valence-electron chi connectivity index (χ2n) is 13.0. The van der Waals surface area contributed by atoms with E-state index in [1.807, 2.05) is 85.0 Å². The van der Waals surface area contributed by atoms with Crippen molar-refractivity contribution in [2.24, 2.45) is 0 Å². The first-order valence-corrected chi connectivity index (χ1v) is 19.8. The van der Waals surface area contributed by atoms with Gasteiger partial charge in [0.05, 0.1) is 66.4 Å². The summed E-state index contributed by atoms with van der Waals surface area (Å²) in [5.41, 5.74) is 10.2. The maximum atomic E-state index is 11.7. The Bertz CT molecular complexity index is 3120. The van der Waals surface area contributed by atoms with Crippen LogP contribution in [0.4, 0.5) is 0 Å². The molecule has 6 aromatic rings. The summed E-state index contributed by atoms with van der Waals surface area (Å²) in [5.74, 6) is 0. The average molecular weight is 838 g/mol. The first kappa shape index (κ1) is 37.5. The Kier molecular flexibility index (Phi) is 9.56. The number of fused-ring (bicyclic) bond motifs is 16. The van der Waals surface area contributed by atoms with Gasteiger partial charge in [0, 0.05) is 33.1 Å². The maximum Gasteiger partial charge on any atom is 2.00 e. The summed E-state index contributed by atoms with van der Waals surface area (Å²) < 4.78 is 70.1. The molecule has 16 bridgehead atoms. The Morgan fingerprint density at radius 3 is 0.860 bits per heavy atom. The van der Waals surface area contributed by atoms with Crippen LogP contribution in [0.2, 0.25) is 0 Å². The van der Waals surface area contributed by atoms with Crippen molar-refractivity contribution < 1.29 is 42.7 Å². The van der Waals surface area contributed by atoms with E-state index < -0.39 is 20.2 Å². The molecule has 0 fully saturated rings. The number of nitrogens with one attached hydrogen (secondary N) is 4. The standard InChI is InChI=1S/2C20H14N4O3S.Co/c2*25-28(26,27)20-11-18-9-16-4-3-14(22-16)7-12-1-2-13(21-12)8-15-5-6-17(23-15)10-19(20)24-18;/h2*1-11,21,24H,(H,25,26,27);/q;;+2/p-2. The Morgan fingerprint density at radius 1 is 0.351 bits per heavy atom. The van der Waals surface area contributed by atoms with E-state index in [0.717, 1.165) is 33.5 Å². The van der Waals surface area contributed by atoms with Crippen molar-refractivity contribution >= 4 is 113 Å². The molecule has 14 nitrogen and oxygen atoms in total. The summed E-state index contributed by atoms with van der Waals surface area (Å²) in [5, 5.41) is 0. The third-order valence-electron chi connectivity index (χ3n) is 8.80. The van der Waals surface area contributed by atoms with Gasteiger partial charge in [-0.25, -0.2) is 36.8 Å². The van der Waals surface area contributed by atoms with Crippen LogP contribution in [0.1, 0.15) is 45.6 Å². The zero-order valence-electron chi connectivity index (χ0n) is 29.1. The largest absolute Gasteiger partial charge is 2.00 e. The summed E-state index contributed by atoms with van der Waals surface area (Å²) >= 11 is 0. The second kappa shape index (κ2) is 14.6. The number of nitrogens with zero attached hydrogens (tertiary/aromatic N) is 4. The normalized spacial score (nSPS) is 12.9. The number of hydrogen-bond acceptors (Lipinski definition) is 10. The van der Waals surface area contributed by atoms with E-state index in [1.165, 1.54) is 12.1 Å². The molecule has 0 amide bonds. The molecule has 10 heterocycles. The summed E-state index contributed by atoms with van der Waals surface area (Å²) in [7, 11) is -9.29. The summed E-state index contributed by atoms with van der Waals surface area (Å²) in [4.78, 5) is 29.8. The monoisotopic (exact) mass is 837 g/mol. The van der Waals surface area contributed by atoms with Crippen molar-refractivity contribution in [2.75, 3.05) is 0 Å². The molecule has 6 aromatic heterocycles. The maximum absolute atomic E-state index is 11.7. The predicted octanol–water partition coefficient (Wildman–Crippen LogP) is 7.12. The van der Waals surface area contributed by atoms with Crippen molar-refractivity contribution in [1.82, 2.24) is 39.9 Å². The van der Waals surface area contributed by atoms with Gasteiger partial charge in [0.25, 0.3) is 0 Å². The topological polar surface area (TPSA) is 229 Å². The average Bonchev–Trinajstić information content (AvgIpc) is 3.97. The van der Waals surface area contributed by atoms with Crippen LogP contribution in [-0.2, 0) is 37.0 Å². The van der Waals surface area contributed by atoms with E-state index in [9.17, 15) is 25.9 Å². The molecule has 4 aliphatic heterocycles. The van der Waals surface area contributed by atoms with Gasteiger partial charge in [-0.3, -0.25) is 0 Å². The van der Waals surface area contributed by atoms with Crippen LogP contribution in [-0.4, -0.2) is 65.8 Å². The van der Waals surface area contributed by atoms with E-state index in [4.69, 9.17) is 0 Å². The van der Waals surface area contributed by atoms with Gasteiger partial charge in [0.1, 0.15) is 20.2 Å². The van der Waals surface area contributed by atoms with Crippen molar-refractivity contribution in [3.05, 3.63) is 130 Å². The second-order valence-corrected chi connectivity index (χ2v) is 15.7. The van der Waals surface area contributed by atoms with Gasteiger partial charge < -0.3 is 29.0 Å². The van der Waals surface area contributed by atoms with Crippen LogP contribution in [0.25, 0.3) is 92.7 Å². The molecule has 0 aromatic carbocycles. The van der Waals surface area contributed by atoms with E-state index in [1.54, 1.807) is 36.4 Å². The number of aromatic nitrogens is 8. The third kappa shape index (κ3) is 8.38. The Labute approximate surface area is 334 Å². The van der Waals surface area contributed by atoms with E-state index in [-0.39, 0.29) is 37.6 Å². The fraction of sp³-hybridized carbons (Fsp3) is 0. The molecule has 4 aliphatic rings. The summed E-state index contributed by atoms with van der Waals surface area (Å²) in [6.07, 6.45) is 14.5. The molecule has 4 N–H and O–H groups in total. The number of hydrogen-bond donors (Lipinski definition) is 4. The van der Waals surface area contributed by atoms with Gasteiger partial charge in [0.2, 0.25) is 0 Å².